The van der Waals surface area contributed by atoms with Crippen molar-refractivity contribution in [3.8, 4) is 11.3 Å². The summed E-state index contributed by atoms with van der Waals surface area (Å²) in [7, 11) is -4.24. The van der Waals surface area contributed by atoms with E-state index in [1.807, 2.05) is 0 Å². The maximum Gasteiger partial charge on any atom is 0.220 e. The molecule has 0 fully saturated rings. The SMILES string of the molecule is Nc1nccc(-c2cc[n+](CCS(=O)(=O)[O-])nc2)n1. The number of hydrogen-bond donors (Lipinski definition) is 1. The summed E-state index contributed by atoms with van der Waals surface area (Å²) in [5.41, 5.74) is 6.80. The van der Waals surface area contributed by atoms with Gasteiger partial charge in [-0.1, -0.05) is 4.68 Å². The summed E-state index contributed by atoms with van der Waals surface area (Å²) in [6.45, 7) is 0.0119. The summed E-state index contributed by atoms with van der Waals surface area (Å²) in [4.78, 5) is 7.81. The van der Waals surface area contributed by atoms with E-state index < -0.39 is 15.9 Å². The van der Waals surface area contributed by atoms with Crippen LogP contribution in [-0.2, 0) is 16.7 Å². The van der Waals surface area contributed by atoms with E-state index in [1.54, 1.807) is 18.3 Å². The highest BCUT2D eigenvalue weighted by Gasteiger charge is 2.08. The molecule has 0 aliphatic carbocycles. The van der Waals surface area contributed by atoms with Crippen LogP contribution in [0.25, 0.3) is 11.3 Å². The highest BCUT2D eigenvalue weighted by Crippen LogP contribution is 2.13. The van der Waals surface area contributed by atoms with Crippen molar-refractivity contribution in [1.82, 2.24) is 15.1 Å². The Kier molecular flexibility index (Phi) is 3.67. The van der Waals surface area contributed by atoms with Crippen molar-refractivity contribution in [2.24, 2.45) is 0 Å². The predicted molar refractivity (Wildman–Crippen MR) is 64.4 cm³/mol. The highest BCUT2D eigenvalue weighted by atomic mass is 32.2. The van der Waals surface area contributed by atoms with Gasteiger partial charge in [-0.05, 0) is 11.2 Å². The Morgan fingerprint density at radius 3 is 2.74 bits per heavy atom. The molecule has 0 radical (unpaired) electrons. The Labute approximate surface area is 109 Å². The number of nitrogen functional groups attached to an aromatic ring is 1. The van der Waals surface area contributed by atoms with Gasteiger partial charge in [0.2, 0.25) is 5.95 Å². The zero-order chi connectivity index (χ0) is 13.9. The summed E-state index contributed by atoms with van der Waals surface area (Å²) in [6.07, 6.45) is 4.61. The fraction of sp³-hybridized carbons (Fsp3) is 0.200. The number of rotatable bonds is 4. The molecule has 0 unspecified atom stereocenters. The van der Waals surface area contributed by atoms with Crippen molar-refractivity contribution in [2.75, 3.05) is 11.5 Å². The van der Waals surface area contributed by atoms with E-state index in [0.29, 0.717) is 5.69 Å². The number of nitrogens with two attached hydrogens (primary N) is 1. The normalized spacial score (nSPS) is 11.4. The fourth-order valence-electron chi connectivity index (χ4n) is 1.41. The topological polar surface area (TPSA) is 126 Å². The smallest absolute Gasteiger partial charge is 0.220 e. The summed E-state index contributed by atoms with van der Waals surface area (Å²) in [5.74, 6) is -0.337. The van der Waals surface area contributed by atoms with Gasteiger partial charge in [0, 0.05) is 17.8 Å². The Morgan fingerprint density at radius 2 is 2.16 bits per heavy atom. The second-order valence-corrected chi connectivity index (χ2v) is 5.26. The Hall–Kier alpha value is -2.13. The van der Waals surface area contributed by atoms with Crippen molar-refractivity contribution in [3.05, 3.63) is 30.7 Å². The minimum atomic E-state index is -4.24. The molecule has 0 aliphatic heterocycles. The average molecular weight is 281 g/mol. The molecule has 2 N–H and O–H groups in total. The molecule has 2 aromatic rings. The summed E-state index contributed by atoms with van der Waals surface area (Å²) in [6, 6.07) is 3.38. The van der Waals surface area contributed by atoms with Gasteiger partial charge >= 0.3 is 0 Å². The molecule has 0 amide bonds. The third kappa shape index (κ3) is 3.93. The van der Waals surface area contributed by atoms with Crippen LogP contribution in [0.15, 0.2) is 30.7 Å². The molecule has 0 aliphatic rings. The molecule has 19 heavy (non-hydrogen) atoms. The molecule has 8 nitrogen and oxygen atoms in total. The van der Waals surface area contributed by atoms with E-state index in [0.717, 1.165) is 5.56 Å². The first-order chi connectivity index (χ1) is 8.94. The van der Waals surface area contributed by atoms with Crippen LogP contribution >= 0.6 is 0 Å². The number of nitrogens with zero attached hydrogens (tertiary/aromatic N) is 4. The van der Waals surface area contributed by atoms with Crippen molar-refractivity contribution < 1.29 is 17.7 Å². The van der Waals surface area contributed by atoms with Gasteiger partial charge in [-0.3, -0.25) is 0 Å². The summed E-state index contributed by atoms with van der Waals surface area (Å²) < 4.78 is 32.9. The van der Waals surface area contributed by atoms with Gasteiger partial charge in [-0.15, -0.1) is 0 Å². The zero-order valence-electron chi connectivity index (χ0n) is 9.80. The van der Waals surface area contributed by atoms with Crippen molar-refractivity contribution in [3.63, 3.8) is 0 Å². The van der Waals surface area contributed by atoms with Gasteiger partial charge in [0.25, 0.3) is 0 Å². The molecular formula is C10H11N5O3S. The van der Waals surface area contributed by atoms with Crippen LogP contribution in [-0.4, -0.2) is 33.8 Å². The molecule has 2 rings (SSSR count). The lowest BCUT2D eigenvalue weighted by Gasteiger charge is -2.03. The molecule has 0 aromatic carbocycles. The maximum atomic E-state index is 10.5. The van der Waals surface area contributed by atoms with Crippen LogP contribution in [0.4, 0.5) is 5.95 Å². The van der Waals surface area contributed by atoms with E-state index in [-0.39, 0.29) is 12.5 Å². The second-order valence-electron chi connectivity index (χ2n) is 3.74. The number of aryl methyl sites for hydroxylation is 1. The minimum absolute atomic E-state index is 0.0119. The van der Waals surface area contributed by atoms with Crippen LogP contribution in [0.2, 0.25) is 0 Å². The highest BCUT2D eigenvalue weighted by molar-refractivity contribution is 7.85. The molecule has 0 atom stereocenters. The van der Waals surface area contributed by atoms with E-state index in [9.17, 15) is 13.0 Å². The number of anilines is 1. The number of aromatic nitrogens is 4. The third-order valence-corrected chi connectivity index (χ3v) is 2.99. The molecule has 2 heterocycles. The lowest BCUT2D eigenvalue weighted by Crippen LogP contribution is -2.40. The Morgan fingerprint density at radius 1 is 1.37 bits per heavy atom. The van der Waals surface area contributed by atoms with Crippen LogP contribution in [0.3, 0.4) is 0 Å². The van der Waals surface area contributed by atoms with Gasteiger partial charge in [0.15, 0.2) is 12.7 Å². The third-order valence-electron chi connectivity index (χ3n) is 2.31. The van der Waals surface area contributed by atoms with Crippen LogP contribution in [0, 0.1) is 0 Å². The molecule has 2 aromatic heterocycles. The van der Waals surface area contributed by atoms with Gasteiger partial charge < -0.3 is 10.3 Å². The molecule has 100 valence electrons. The maximum absolute atomic E-state index is 10.5. The van der Waals surface area contributed by atoms with Gasteiger partial charge in [0.05, 0.1) is 11.4 Å². The van der Waals surface area contributed by atoms with Gasteiger partial charge in [0.1, 0.15) is 16.3 Å². The predicted octanol–water partition coefficient (Wildman–Crippen LogP) is -1.05. The summed E-state index contributed by atoms with van der Waals surface area (Å²) in [5, 5.41) is 4.00. The Balaban J connectivity index is 2.15. The van der Waals surface area contributed by atoms with Crippen molar-refractivity contribution in [2.45, 2.75) is 6.54 Å². The van der Waals surface area contributed by atoms with E-state index in [1.165, 1.54) is 17.1 Å². The fourth-order valence-corrected chi connectivity index (χ4v) is 1.82. The van der Waals surface area contributed by atoms with Crippen LogP contribution in [0.5, 0.6) is 0 Å². The molecule has 9 heteroatoms. The molecule has 0 bridgehead atoms. The first kappa shape index (κ1) is 13.3. The van der Waals surface area contributed by atoms with Gasteiger partial charge in [-0.2, -0.15) is 0 Å². The summed E-state index contributed by atoms with van der Waals surface area (Å²) >= 11 is 0. The van der Waals surface area contributed by atoms with E-state index in [2.05, 4.69) is 15.1 Å². The van der Waals surface area contributed by atoms with E-state index >= 15 is 0 Å². The number of hydrogen-bond acceptors (Lipinski definition) is 7. The Bertz CT molecular complexity index is 672. The van der Waals surface area contributed by atoms with Gasteiger partial charge in [-0.25, -0.2) is 18.4 Å². The molecule has 0 saturated heterocycles. The largest absolute Gasteiger partial charge is 0.748 e. The first-order valence-corrected chi connectivity index (χ1v) is 6.90. The van der Waals surface area contributed by atoms with Crippen LogP contribution in [0.1, 0.15) is 0 Å². The molecule has 0 saturated carbocycles. The van der Waals surface area contributed by atoms with Crippen LogP contribution < -0.4 is 10.4 Å². The quantitative estimate of drug-likeness (QED) is 0.560. The minimum Gasteiger partial charge on any atom is -0.748 e. The van der Waals surface area contributed by atoms with Crippen molar-refractivity contribution >= 4 is 16.1 Å². The first-order valence-electron chi connectivity index (χ1n) is 5.32. The second kappa shape index (κ2) is 5.24. The monoisotopic (exact) mass is 281 g/mol. The molecular weight excluding hydrogens is 270 g/mol. The lowest BCUT2D eigenvalue weighted by atomic mass is 10.2. The van der Waals surface area contributed by atoms with Crippen molar-refractivity contribution in [1.29, 1.82) is 0 Å². The standard InChI is InChI=1S/C10H11N5O3S/c11-10-12-3-1-9(14-10)8-2-4-15(13-7-8)5-6-19(16,17)18/h1-4,7H,5-6H2,(H2-,11,12,14,16,17,18). The average Bonchev–Trinajstić information content (AvgIpc) is 2.36. The zero-order valence-corrected chi connectivity index (χ0v) is 10.6. The van der Waals surface area contributed by atoms with E-state index in [4.69, 9.17) is 5.73 Å². The lowest BCUT2D eigenvalue weighted by molar-refractivity contribution is -0.750. The molecule has 0 spiro atoms.